The van der Waals surface area contributed by atoms with Crippen LogP contribution in [0.3, 0.4) is 0 Å². The van der Waals surface area contributed by atoms with Crippen molar-refractivity contribution in [2.24, 2.45) is 0 Å². The second kappa shape index (κ2) is 7.15. The van der Waals surface area contributed by atoms with Crippen LogP contribution in [-0.4, -0.2) is 16.1 Å². The molecule has 0 aliphatic heterocycles. The average Bonchev–Trinajstić information content (AvgIpc) is 3.04. The van der Waals surface area contributed by atoms with Gasteiger partial charge in [0.2, 0.25) is 5.13 Å². The second-order valence-electron chi connectivity index (χ2n) is 5.13. The fourth-order valence-corrected chi connectivity index (χ4v) is 3.00. The van der Waals surface area contributed by atoms with Crippen molar-refractivity contribution in [3.8, 4) is 0 Å². The van der Waals surface area contributed by atoms with Gasteiger partial charge in [-0.05, 0) is 30.0 Å². The van der Waals surface area contributed by atoms with Crippen LogP contribution in [0.15, 0.2) is 54.6 Å². The molecule has 4 nitrogen and oxygen atoms in total. The summed E-state index contributed by atoms with van der Waals surface area (Å²) in [5.74, 6) is -0.143. The molecular formula is C18H17N3OS. The van der Waals surface area contributed by atoms with E-state index in [1.807, 2.05) is 49.4 Å². The van der Waals surface area contributed by atoms with E-state index in [9.17, 15) is 4.79 Å². The Morgan fingerprint density at radius 3 is 2.52 bits per heavy atom. The topological polar surface area (TPSA) is 54.9 Å². The maximum Gasteiger partial charge on any atom is 0.257 e. The number of benzene rings is 2. The Balaban J connectivity index is 1.80. The van der Waals surface area contributed by atoms with E-state index in [2.05, 4.69) is 27.6 Å². The van der Waals surface area contributed by atoms with Crippen LogP contribution >= 0.6 is 11.3 Å². The van der Waals surface area contributed by atoms with Crippen LogP contribution in [0.5, 0.6) is 0 Å². The zero-order valence-electron chi connectivity index (χ0n) is 12.8. The Bertz CT molecular complexity index is 799. The summed E-state index contributed by atoms with van der Waals surface area (Å²) in [4.78, 5) is 12.6. The largest absolute Gasteiger partial charge is 0.296 e. The van der Waals surface area contributed by atoms with Crippen molar-refractivity contribution < 1.29 is 4.79 Å². The van der Waals surface area contributed by atoms with E-state index in [1.54, 1.807) is 0 Å². The Kier molecular flexibility index (Phi) is 4.78. The lowest BCUT2D eigenvalue weighted by Gasteiger charge is -2.09. The molecule has 3 rings (SSSR count). The fourth-order valence-electron chi connectivity index (χ4n) is 2.32. The molecule has 0 radical (unpaired) electrons. The van der Waals surface area contributed by atoms with Gasteiger partial charge in [-0.15, -0.1) is 10.2 Å². The summed E-state index contributed by atoms with van der Waals surface area (Å²) in [5, 5.41) is 12.3. The lowest BCUT2D eigenvalue weighted by molar-refractivity contribution is 0.102. The highest BCUT2D eigenvalue weighted by Crippen LogP contribution is 2.19. The Labute approximate surface area is 139 Å². The zero-order chi connectivity index (χ0) is 16.1. The summed E-state index contributed by atoms with van der Waals surface area (Å²) in [5.41, 5.74) is 2.85. The minimum atomic E-state index is -0.143. The van der Waals surface area contributed by atoms with E-state index in [1.165, 1.54) is 16.9 Å². The molecule has 1 heterocycles. The summed E-state index contributed by atoms with van der Waals surface area (Å²) in [7, 11) is 0. The van der Waals surface area contributed by atoms with E-state index in [-0.39, 0.29) is 5.91 Å². The van der Waals surface area contributed by atoms with Gasteiger partial charge in [-0.2, -0.15) is 0 Å². The number of aryl methyl sites for hydroxylation is 1. The van der Waals surface area contributed by atoms with Crippen molar-refractivity contribution >= 4 is 22.4 Å². The molecule has 5 heteroatoms. The van der Waals surface area contributed by atoms with Crippen LogP contribution in [0, 0.1) is 0 Å². The number of nitrogens with one attached hydrogen (secondary N) is 1. The maximum absolute atomic E-state index is 12.6. The predicted molar refractivity (Wildman–Crippen MR) is 92.9 cm³/mol. The van der Waals surface area contributed by atoms with Crippen molar-refractivity contribution in [3.05, 3.63) is 76.3 Å². The van der Waals surface area contributed by atoms with Crippen molar-refractivity contribution in [2.75, 3.05) is 5.32 Å². The number of anilines is 1. The molecule has 0 saturated heterocycles. The van der Waals surface area contributed by atoms with Gasteiger partial charge in [0.25, 0.3) is 5.91 Å². The molecule has 0 aliphatic rings. The molecule has 1 aromatic heterocycles. The van der Waals surface area contributed by atoms with E-state index in [0.29, 0.717) is 10.7 Å². The highest BCUT2D eigenvalue weighted by molar-refractivity contribution is 7.15. The first-order valence-electron chi connectivity index (χ1n) is 7.52. The standard InChI is InChI=1S/C18H17N3OS/c1-2-16-20-21-18(23-16)19-17(22)15-11-7-6-10-14(15)12-13-8-4-3-5-9-13/h3-11H,2,12H2,1H3,(H,19,21,22). The molecule has 0 atom stereocenters. The van der Waals surface area contributed by atoms with Gasteiger partial charge in [0, 0.05) is 5.56 Å². The lowest BCUT2D eigenvalue weighted by atomic mass is 9.99. The number of amides is 1. The molecule has 0 fully saturated rings. The normalized spacial score (nSPS) is 10.5. The van der Waals surface area contributed by atoms with Crippen molar-refractivity contribution in [1.82, 2.24) is 10.2 Å². The van der Waals surface area contributed by atoms with Gasteiger partial charge in [0.1, 0.15) is 5.01 Å². The Morgan fingerprint density at radius 2 is 1.78 bits per heavy atom. The van der Waals surface area contributed by atoms with Gasteiger partial charge < -0.3 is 0 Å². The first kappa shape index (κ1) is 15.4. The van der Waals surface area contributed by atoms with Crippen molar-refractivity contribution in [1.29, 1.82) is 0 Å². The van der Waals surface area contributed by atoms with Gasteiger partial charge in [0.15, 0.2) is 0 Å². The van der Waals surface area contributed by atoms with E-state index in [4.69, 9.17) is 0 Å². The lowest BCUT2D eigenvalue weighted by Crippen LogP contribution is -2.14. The van der Waals surface area contributed by atoms with Gasteiger partial charge >= 0.3 is 0 Å². The average molecular weight is 323 g/mol. The Morgan fingerprint density at radius 1 is 1.04 bits per heavy atom. The molecular weight excluding hydrogens is 306 g/mol. The third-order valence-electron chi connectivity index (χ3n) is 3.49. The number of hydrogen-bond acceptors (Lipinski definition) is 4. The smallest absolute Gasteiger partial charge is 0.257 e. The molecule has 0 saturated carbocycles. The molecule has 1 amide bonds. The molecule has 0 unspecified atom stereocenters. The molecule has 0 aliphatic carbocycles. The summed E-state index contributed by atoms with van der Waals surface area (Å²) in [6, 6.07) is 17.8. The first-order valence-corrected chi connectivity index (χ1v) is 8.33. The summed E-state index contributed by atoms with van der Waals surface area (Å²) >= 11 is 1.41. The van der Waals surface area contributed by atoms with Gasteiger partial charge in [-0.3, -0.25) is 10.1 Å². The van der Waals surface area contributed by atoms with E-state index in [0.717, 1.165) is 23.4 Å². The van der Waals surface area contributed by atoms with Crippen molar-refractivity contribution in [3.63, 3.8) is 0 Å². The molecule has 1 N–H and O–H groups in total. The number of aromatic nitrogens is 2. The second-order valence-corrected chi connectivity index (χ2v) is 6.19. The van der Waals surface area contributed by atoms with Crippen LogP contribution in [0.4, 0.5) is 5.13 Å². The molecule has 3 aromatic rings. The predicted octanol–water partition coefficient (Wildman–Crippen LogP) is 3.94. The Hall–Kier alpha value is -2.53. The number of carbonyl (C=O) groups excluding carboxylic acids is 1. The van der Waals surface area contributed by atoms with Crippen LogP contribution in [0.25, 0.3) is 0 Å². The van der Waals surface area contributed by atoms with Crippen LogP contribution in [-0.2, 0) is 12.8 Å². The minimum absolute atomic E-state index is 0.143. The molecule has 23 heavy (non-hydrogen) atoms. The number of nitrogens with zero attached hydrogens (tertiary/aromatic N) is 2. The highest BCUT2D eigenvalue weighted by Gasteiger charge is 2.13. The first-order chi connectivity index (χ1) is 11.3. The van der Waals surface area contributed by atoms with E-state index < -0.39 is 0 Å². The molecule has 2 aromatic carbocycles. The highest BCUT2D eigenvalue weighted by atomic mass is 32.1. The fraction of sp³-hybridized carbons (Fsp3) is 0.167. The van der Waals surface area contributed by atoms with Crippen molar-refractivity contribution in [2.45, 2.75) is 19.8 Å². The summed E-state index contributed by atoms with van der Waals surface area (Å²) in [6.07, 6.45) is 1.54. The molecule has 116 valence electrons. The van der Waals surface area contributed by atoms with Gasteiger partial charge in [-0.25, -0.2) is 0 Å². The minimum Gasteiger partial charge on any atom is -0.296 e. The molecule has 0 spiro atoms. The number of carbonyl (C=O) groups is 1. The SMILES string of the molecule is CCc1nnc(NC(=O)c2ccccc2Cc2ccccc2)s1. The number of hydrogen-bond donors (Lipinski definition) is 1. The monoisotopic (exact) mass is 323 g/mol. The van der Waals surface area contributed by atoms with E-state index >= 15 is 0 Å². The number of rotatable bonds is 5. The third kappa shape index (κ3) is 3.81. The zero-order valence-corrected chi connectivity index (χ0v) is 13.6. The summed E-state index contributed by atoms with van der Waals surface area (Å²) in [6.45, 7) is 2.02. The van der Waals surface area contributed by atoms with Gasteiger partial charge in [0.05, 0.1) is 0 Å². The molecule has 0 bridgehead atoms. The van der Waals surface area contributed by atoms with Crippen LogP contribution in [0.1, 0.15) is 33.4 Å². The van der Waals surface area contributed by atoms with Gasteiger partial charge in [-0.1, -0.05) is 66.8 Å². The maximum atomic E-state index is 12.6. The van der Waals surface area contributed by atoms with Crippen LogP contribution in [0.2, 0.25) is 0 Å². The van der Waals surface area contributed by atoms with Crippen LogP contribution < -0.4 is 5.32 Å². The summed E-state index contributed by atoms with van der Waals surface area (Å²) < 4.78 is 0. The third-order valence-corrected chi connectivity index (χ3v) is 4.47. The quantitative estimate of drug-likeness (QED) is 0.773.